The molecule has 0 aliphatic heterocycles. The Kier molecular flexibility index (Phi) is 4.25. The zero-order valence-electron chi connectivity index (χ0n) is 10.9. The minimum atomic E-state index is -0.369. The van der Waals surface area contributed by atoms with Gasteiger partial charge < -0.3 is 4.74 Å². The van der Waals surface area contributed by atoms with E-state index in [1.807, 2.05) is 30.3 Å². The number of aromatic nitrogens is 3. The topological polar surface area (TPSA) is 69.0 Å². The molecule has 2 rings (SSSR count). The van der Waals surface area contributed by atoms with Gasteiger partial charge in [-0.05, 0) is 19.1 Å². The van der Waals surface area contributed by atoms with Crippen LogP contribution in [0, 0.1) is 0 Å². The van der Waals surface area contributed by atoms with Crippen LogP contribution in [0.2, 0.25) is 0 Å². The van der Waals surface area contributed by atoms with Crippen LogP contribution in [-0.4, -0.2) is 34.1 Å². The van der Waals surface area contributed by atoms with Gasteiger partial charge in [0.15, 0.2) is 0 Å². The standard InChI is InChI=1S/C13H16N4O2/c1-10(13(18)19-2)14-8-11-9-15-17(16-11)12-6-4-3-5-7-12/h3-7,9-10,14H,8H2,1-2H3. The molecule has 19 heavy (non-hydrogen) atoms. The first-order valence-electron chi connectivity index (χ1n) is 5.98. The lowest BCUT2D eigenvalue weighted by atomic mass is 10.3. The average molecular weight is 260 g/mol. The van der Waals surface area contributed by atoms with Gasteiger partial charge in [-0.25, -0.2) is 0 Å². The van der Waals surface area contributed by atoms with E-state index in [-0.39, 0.29) is 12.0 Å². The van der Waals surface area contributed by atoms with E-state index in [1.54, 1.807) is 17.9 Å². The third-order valence-corrected chi connectivity index (χ3v) is 2.67. The number of nitrogens with one attached hydrogen (secondary N) is 1. The second-order valence-electron chi connectivity index (χ2n) is 4.09. The molecule has 2 aromatic rings. The predicted octanol–water partition coefficient (Wildman–Crippen LogP) is 0.918. The zero-order chi connectivity index (χ0) is 13.7. The first-order valence-corrected chi connectivity index (χ1v) is 5.98. The molecule has 0 aliphatic carbocycles. The number of benzene rings is 1. The van der Waals surface area contributed by atoms with E-state index in [1.165, 1.54) is 7.11 Å². The molecule has 6 nitrogen and oxygen atoms in total. The lowest BCUT2D eigenvalue weighted by Gasteiger charge is -2.09. The summed E-state index contributed by atoms with van der Waals surface area (Å²) in [5.74, 6) is -0.296. The molecule has 1 atom stereocenters. The molecule has 1 aromatic heterocycles. The highest BCUT2D eigenvalue weighted by molar-refractivity contribution is 5.75. The van der Waals surface area contributed by atoms with E-state index in [2.05, 4.69) is 20.3 Å². The van der Waals surface area contributed by atoms with Crippen molar-refractivity contribution in [1.82, 2.24) is 20.3 Å². The lowest BCUT2D eigenvalue weighted by molar-refractivity contribution is -0.142. The molecule has 1 heterocycles. The van der Waals surface area contributed by atoms with Crippen molar-refractivity contribution < 1.29 is 9.53 Å². The van der Waals surface area contributed by atoms with Crippen LogP contribution in [0.25, 0.3) is 5.69 Å². The van der Waals surface area contributed by atoms with Gasteiger partial charge in [-0.15, -0.1) is 0 Å². The number of esters is 1. The second kappa shape index (κ2) is 6.10. The van der Waals surface area contributed by atoms with Gasteiger partial charge in [-0.2, -0.15) is 15.0 Å². The van der Waals surface area contributed by atoms with E-state index in [4.69, 9.17) is 0 Å². The van der Waals surface area contributed by atoms with Crippen molar-refractivity contribution in [2.24, 2.45) is 0 Å². The Morgan fingerprint density at radius 3 is 2.84 bits per heavy atom. The smallest absolute Gasteiger partial charge is 0.322 e. The number of rotatable bonds is 5. The summed E-state index contributed by atoms with van der Waals surface area (Å²) < 4.78 is 4.63. The number of hydrogen-bond acceptors (Lipinski definition) is 5. The van der Waals surface area contributed by atoms with E-state index in [0.717, 1.165) is 11.4 Å². The number of carbonyl (C=O) groups is 1. The monoisotopic (exact) mass is 260 g/mol. The third kappa shape index (κ3) is 3.38. The van der Waals surface area contributed by atoms with Crippen LogP contribution in [-0.2, 0) is 16.1 Å². The largest absolute Gasteiger partial charge is 0.468 e. The van der Waals surface area contributed by atoms with Crippen molar-refractivity contribution in [2.45, 2.75) is 19.5 Å². The lowest BCUT2D eigenvalue weighted by Crippen LogP contribution is -2.34. The Labute approximate surface area is 111 Å². The van der Waals surface area contributed by atoms with E-state index in [0.29, 0.717) is 6.54 Å². The fraction of sp³-hybridized carbons (Fsp3) is 0.308. The van der Waals surface area contributed by atoms with Crippen molar-refractivity contribution in [3.63, 3.8) is 0 Å². The Hall–Kier alpha value is -2.21. The molecule has 0 amide bonds. The number of carbonyl (C=O) groups excluding carboxylic acids is 1. The average Bonchev–Trinajstić information content (AvgIpc) is 2.93. The SMILES string of the molecule is COC(=O)C(C)NCc1cnn(-c2ccccc2)n1. The van der Waals surface area contributed by atoms with Crippen molar-refractivity contribution in [3.8, 4) is 5.69 Å². The van der Waals surface area contributed by atoms with Crippen molar-refractivity contribution in [3.05, 3.63) is 42.2 Å². The fourth-order valence-corrected chi connectivity index (χ4v) is 1.58. The number of nitrogens with zero attached hydrogens (tertiary/aromatic N) is 3. The summed E-state index contributed by atoms with van der Waals surface area (Å²) in [5, 5.41) is 11.5. The summed E-state index contributed by atoms with van der Waals surface area (Å²) in [7, 11) is 1.37. The van der Waals surface area contributed by atoms with Crippen molar-refractivity contribution in [1.29, 1.82) is 0 Å². The number of methoxy groups -OCH3 is 1. The molecule has 0 fully saturated rings. The first kappa shape index (κ1) is 13.2. The van der Waals surface area contributed by atoms with E-state index < -0.39 is 0 Å². The Morgan fingerprint density at radius 2 is 2.16 bits per heavy atom. The van der Waals surface area contributed by atoms with Crippen LogP contribution >= 0.6 is 0 Å². The third-order valence-electron chi connectivity index (χ3n) is 2.67. The summed E-state index contributed by atoms with van der Waals surface area (Å²) >= 11 is 0. The van der Waals surface area contributed by atoms with Gasteiger partial charge in [0.2, 0.25) is 0 Å². The van der Waals surface area contributed by atoms with Crippen LogP contribution < -0.4 is 5.32 Å². The second-order valence-corrected chi connectivity index (χ2v) is 4.09. The molecule has 1 unspecified atom stereocenters. The molecule has 6 heteroatoms. The highest BCUT2D eigenvalue weighted by atomic mass is 16.5. The quantitative estimate of drug-likeness (QED) is 0.809. The van der Waals surface area contributed by atoms with Crippen LogP contribution in [0.3, 0.4) is 0 Å². The summed E-state index contributed by atoms with van der Waals surface area (Å²) in [6, 6.07) is 9.27. The Morgan fingerprint density at radius 1 is 1.42 bits per heavy atom. The highest BCUT2D eigenvalue weighted by Crippen LogP contribution is 2.04. The van der Waals surface area contributed by atoms with E-state index in [9.17, 15) is 4.79 Å². The molecule has 0 saturated heterocycles. The maximum Gasteiger partial charge on any atom is 0.322 e. The fourth-order valence-electron chi connectivity index (χ4n) is 1.58. The van der Waals surface area contributed by atoms with Gasteiger partial charge in [0.05, 0.1) is 24.7 Å². The normalized spacial score (nSPS) is 12.1. The minimum Gasteiger partial charge on any atom is -0.468 e. The van der Waals surface area contributed by atoms with Crippen molar-refractivity contribution in [2.75, 3.05) is 7.11 Å². The molecule has 0 bridgehead atoms. The molecule has 100 valence electrons. The molecule has 0 saturated carbocycles. The van der Waals surface area contributed by atoms with Crippen LogP contribution in [0.5, 0.6) is 0 Å². The maximum absolute atomic E-state index is 11.2. The molecular formula is C13H16N4O2. The molecule has 0 spiro atoms. The van der Waals surface area contributed by atoms with Gasteiger partial charge in [-0.1, -0.05) is 18.2 Å². The summed E-state index contributed by atoms with van der Waals surface area (Å²) in [4.78, 5) is 12.8. The van der Waals surface area contributed by atoms with Gasteiger partial charge >= 0.3 is 5.97 Å². The number of para-hydroxylation sites is 1. The van der Waals surface area contributed by atoms with E-state index >= 15 is 0 Å². The highest BCUT2D eigenvalue weighted by Gasteiger charge is 2.12. The minimum absolute atomic E-state index is 0.296. The summed E-state index contributed by atoms with van der Waals surface area (Å²) in [5.41, 5.74) is 1.66. The van der Waals surface area contributed by atoms with Crippen LogP contribution in [0.1, 0.15) is 12.6 Å². The Balaban J connectivity index is 1.97. The zero-order valence-corrected chi connectivity index (χ0v) is 10.9. The molecule has 1 aromatic carbocycles. The predicted molar refractivity (Wildman–Crippen MR) is 69.7 cm³/mol. The van der Waals surface area contributed by atoms with Gasteiger partial charge in [0.1, 0.15) is 6.04 Å². The summed E-state index contributed by atoms with van der Waals surface area (Å²) in [6.07, 6.45) is 1.67. The molecule has 0 radical (unpaired) electrons. The van der Waals surface area contributed by atoms with Gasteiger partial charge in [0, 0.05) is 6.54 Å². The number of hydrogen-bond donors (Lipinski definition) is 1. The van der Waals surface area contributed by atoms with Crippen LogP contribution in [0.4, 0.5) is 0 Å². The summed E-state index contributed by atoms with van der Waals surface area (Å²) in [6.45, 7) is 2.20. The first-order chi connectivity index (χ1) is 9.20. The van der Waals surface area contributed by atoms with Crippen LogP contribution in [0.15, 0.2) is 36.5 Å². The maximum atomic E-state index is 11.2. The van der Waals surface area contributed by atoms with Crippen molar-refractivity contribution >= 4 is 5.97 Å². The molecular weight excluding hydrogens is 244 g/mol. The number of ether oxygens (including phenoxy) is 1. The van der Waals surface area contributed by atoms with Gasteiger partial charge in [0.25, 0.3) is 0 Å². The van der Waals surface area contributed by atoms with Gasteiger partial charge in [-0.3, -0.25) is 10.1 Å². The molecule has 0 aliphatic rings. The Bertz CT molecular complexity index is 539. The molecule has 1 N–H and O–H groups in total.